The van der Waals surface area contributed by atoms with Crippen molar-refractivity contribution in [3.05, 3.63) is 120 Å². The highest BCUT2D eigenvalue weighted by Gasteiger charge is 2.41. The van der Waals surface area contributed by atoms with E-state index in [1.54, 1.807) is 18.2 Å². The van der Waals surface area contributed by atoms with Gasteiger partial charge >= 0.3 is 18.5 Å². The summed E-state index contributed by atoms with van der Waals surface area (Å²) in [4.78, 5) is 15.3. The van der Waals surface area contributed by atoms with Crippen LogP contribution in [0.2, 0.25) is 0 Å². The molecule has 0 fully saturated rings. The van der Waals surface area contributed by atoms with Crippen LogP contribution in [-0.4, -0.2) is 26.0 Å². The number of hydrogen-bond donors (Lipinski definition) is 1. The number of halogens is 6. The fourth-order valence-electron chi connectivity index (χ4n) is 4.61. The molecule has 220 valence electrons. The zero-order chi connectivity index (χ0) is 30.8. The van der Waals surface area contributed by atoms with Crippen LogP contribution in [0.1, 0.15) is 22.4 Å². The molecule has 3 aromatic carbocycles. The average molecular weight is 598 g/mol. The molecule has 0 amide bonds. The van der Waals surface area contributed by atoms with Gasteiger partial charge in [-0.1, -0.05) is 66.7 Å². The second-order valence-electron chi connectivity index (χ2n) is 9.45. The van der Waals surface area contributed by atoms with Crippen molar-refractivity contribution in [3.63, 3.8) is 0 Å². The number of ether oxygens (including phenoxy) is 1. The number of alkyl halides is 6. The molecule has 0 unspecified atom stereocenters. The van der Waals surface area contributed by atoms with Crippen molar-refractivity contribution in [2.45, 2.75) is 25.2 Å². The Morgan fingerprint density at radius 2 is 1.42 bits per heavy atom. The number of pyridine rings is 1. The summed E-state index contributed by atoms with van der Waals surface area (Å²) in [6.07, 6.45) is -9.44. The number of rotatable bonds is 7. The van der Waals surface area contributed by atoms with E-state index in [1.807, 2.05) is 36.4 Å². The highest BCUT2D eigenvalue weighted by Crippen LogP contribution is 2.38. The number of hydrogen-bond acceptors (Lipinski definition) is 4. The van der Waals surface area contributed by atoms with E-state index in [-0.39, 0.29) is 5.82 Å². The number of aromatic nitrogens is 3. The molecule has 43 heavy (non-hydrogen) atoms. The largest absolute Gasteiger partial charge is 0.511 e. The Labute approximate surface area is 240 Å². The monoisotopic (exact) mass is 597 g/mol. The van der Waals surface area contributed by atoms with Crippen molar-refractivity contribution in [3.8, 4) is 34.0 Å². The van der Waals surface area contributed by atoms with Crippen LogP contribution in [0.3, 0.4) is 0 Å². The summed E-state index contributed by atoms with van der Waals surface area (Å²) in [5.41, 5.74) is 2.23. The Morgan fingerprint density at radius 1 is 0.767 bits per heavy atom. The molecule has 0 aliphatic heterocycles. The van der Waals surface area contributed by atoms with Crippen molar-refractivity contribution >= 4 is 6.16 Å². The van der Waals surface area contributed by atoms with Crippen molar-refractivity contribution in [1.29, 1.82) is 0 Å². The maximum Gasteiger partial charge on any atom is 0.511 e. The van der Waals surface area contributed by atoms with Gasteiger partial charge in [0, 0.05) is 5.56 Å². The Kier molecular flexibility index (Phi) is 7.94. The molecule has 0 saturated carbocycles. The molecule has 6 nitrogen and oxygen atoms in total. The molecule has 0 atom stereocenters. The van der Waals surface area contributed by atoms with E-state index in [0.29, 0.717) is 40.5 Å². The average Bonchev–Trinajstić information content (AvgIpc) is 3.40. The molecule has 0 aliphatic carbocycles. The van der Waals surface area contributed by atoms with E-state index in [1.165, 1.54) is 24.3 Å². The molecule has 1 N–H and O–H groups in total. The first-order chi connectivity index (χ1) is 20.4. The number of carbonyl (C=O) groups is 1. The summed E-state index contributed by atoms with van der Waals surface area (Å²) in [5, 5.41) is 12.5. The van der Waals surface area contributed by atoms with E-state index >= 15 is 0 Å². The number of nitrogens with zero attached hydrogens (tertiary/aromatic N) is 3. The second-order valence-corrected chi connectivity index (χ2v) is 9.45. The molecular weight excluding hydrogens is 576 g/mol. The van der Waals surface area contributed by atoms with E-state index < -0.39 is 35.5 Å². The van der Waals surface area contributed by atoms with Crippen LogP contribution in [0.25, 0.3) is 28.2 Å². The van der Waals surface area contributed by atoms with Gasteiger partial charge in [0.2, 0.25) is 0 Å². The standard InChI is InChI=1S/C31H21F6N3O3/c32-30(33,34)23-16-14-21(15-17-23)20-11-8-19(9-12-20)10-13-22-4-1-2-5-24(22)25-6-3-7-27(39-25)40-28(31(35,36)37)26(18-38-40)43-29(41)42/h1-9,11-12,14-18H,10,13H2,(H,41,42). The van der Waals surface area contributed by atoms with Gasteiger partial charge in [0.15, 0.2) is 17.3 Å². The lowest BCUT2D eigenvalue weighted by atomic mass is 9.96. The molecule has 0 radical (unpaired) electrons. The maximum absolute atomic E-state index is 13.8. The van der Waals surface area contributed by atoms with E-state index in [9.17, 15) is 31.1 Å². The van der Waals surface area contributed by atoms with Gasteiger partial charge in [-0.25, -0.2) is 14.5 Å². The molecule has 0 bridgehead atoms. The first-order valence-electron chi connectivity index (χ1n) is 12.8. The van der Waals surface area contributed by atoms with Crippen LogP contribution < -0.4 is 4.74 Å². The van der Waals surface area contributed by atoms with Crippen LogP contribution in [-0.2, 0) is 25.2 Å². The summed E-state index contributed by atoms with van der Waals surface area (Å²) in [6, 6.07) is 24.2. The lowest BCUT2D eigenvalue weighted by molar-refractivity contribution is -0.144. The van der Waals surface area contributed by atoms with Crippen LogP contribution in [0.5, 0.6) is 5.75 Å². The fraction of sp³-hybridized carbons (Fsp3) is 0.129. The number of carboxylic acid groups (broad SMARTS) is 1. The molecule has 2 aromatic heterocycles. The molecule has 2 heterocycles. The predicted octanol–water partition coefficient (Wildman–Crippen LogP) is 8.48. The summed E-state index contributed by atoms with van der Waals surface area (Å²) < 4.78 is 84.8. The van der Waals surface area contributed by atoms with Crippen molar-refractivity contribution in [2.75, 3.05) is 0 Å². The van der Waals surface area contributed by atoms with Gasteiger partial charge in [-0.15, -0.1) is 0 Å². The summed E-state index contributed by atoms with van der Waals surface area (Å²) >= 11 is 0. The topological polar surface area (TPSA) is 77.2 Å². The normalized spacial score (nSPS) is 11.9. The maximum atomic E-state index is 13.8. The van der Waals surface area contributed by atoms with Crippen molar-refractivity contribution in [1.82, 2.24) is 14.8 Å². The van der Waals surface area contributed by atoms with Gasteiger partial charge in [-0.05, 0) is 59.4 Å². The van der Waals surface area contributed by atoms with Gasteiger partial charge in [0.05, 0.1) is 17.5 Å². The first kappa shape index (κ1) is 29.4. The predicted molar refractivity (Wildman–Crippen MR) is 145 cm³/mol. The Hall–Kier alpha value is -5.13. The van der Waals surface area contributed by atoms with Crippen molar-refractivity contribution in [2.24, 2.45) is 0 Å². The molecule has 0 saturated heterocycles. The molecule has 0 spiro atoms. The van der Waals surface area contributed by atoms with E-state index in [0.717, 1.165) is 28.8 Å². The third-order valence-electron chi connectivity index (χ3n) is 6.63. The SMILES string of the molecule is O=C(O)Oc1cnn(-c2cccc(-c3ccccc3CCc3ccc(-c4ccc(C(F)(F)F)cc4)cc3)n2)c1C(F)(F)F. The molecule has 5 rings (SSSR count). The molecule has 12 heteroatoms. The number of aryl methyl sites for hydroxylation is 2. The van der Waals surface area contributed by atoms with Gasteiger partial charge in [0.1, 0.15) is 0 Å². The first-order valence-corrected chi connectivity index (χ1v) is 12.8. The van der Waals surface area contributed by atoms with Crippen LogP contribution in [0, 0.1) is 0 Å². The van der Waals surface area contributed by atoms with Crippen LogP contribution in [0.4, 0.5) is 31.1 Å². The summed E-state index contributed by atoms with van der Waals surface area (Å²) in [7, 11) is 0. The third kappa shape index (κ3) is 6.69. The Bertz CT molecular complexity index is 1740. The minimum absolute atomic E-state index is 0.182. The number of benzene rings is 3. The highest BCUT2D eigenvalue weighted by atomic mass is 19.4. The lowest BCUT2D eigenvalue weighted by Crippen LogP contribution is -2.17. The van der Waals surface area contributed by atoms with Gasteiger partial charge in [0.25, 0.3) is 0 Å². The smallest absolute Gasteiger partial charge is 0.449 e. The minimum atomic E-state index is -4.97. The fourth-order valence-corrected chi connectivity index (χ4v) is 4.61. The molecular formula is C31H21F6N3O3. The lowest BCUT2D eigenvalue weighted by Gasteiger charge is -2.13. The van der Waals surface area contributed by atoms with Crippen LogP contribution >= 0.6 is 0 Å². The van der Waals surface area contributed by atoms with E-state index in [4.69, 9.17) is 5.11 Å². The molecule has 5 aromatic rings. The quantitative estimate of drug-likeness (QED) is 0.150. The third-order valence-corrected chi connectivity index (χ3v) is 6.63. The van der Waals surface area contributed by atoms with E-state index in [2.05, 4.69) is 14.8 Å². The van der Waals surface area contributed by atoms with Crippen LogP contribution in [0.15, 0.2) is 97.2 Å². The van der Waals surface area contributed by atoms with Gasteiger partial charge < -0.3 is 9.84 Å². The summed E-state index contributed by atoms with van der Waals surface area (Å²) in [6.45, 7) is 0. The highest BCUT2D eigenvalue weighted by molar-refractivity contribution is 5.66. The molecule has 0 aliphatic rings. The second kappa shape index (κ2) is 11.6. The summed E-state index contributed by atoms with van der Waals surface area (Å²) in [5.74, 6) is -1.14. The van der Waals surface area contributed by atoms with Gasteiger partial charge in [-0.2, -0.15) is 31.4 Å². The zero-order valence-electron chi connectivity index (χ0n) is 22.0. The Balaban J connectivity index is 1.36. The van der Waals surface area contributed by atoms with Crippen molar-refractivity contribution < 1.29 is 41.0 Å². The zero-order valence-corrected chi connectivity index (χ0v) is 22.0. The Morgan fingerprint density at radius 3 is 2.05 bits per heavy atom. The van der Waals surface area contributed by atoms with Gasteiger partial charge in [-0.3, -0.25) is 0 Å². The minimum Gasteiger partial charge on any atom is -0.449 e.